The van der Waals surface area contributed by atoms with Gasteiger partial charge in [0.2, 0.25) is 0 Å². The van der Waals surface area contributed by atoms with E-state index >= 15 is 0 Å². The number of benzene rings is 1. The number of carbonyl (C=O) groups excluding carboxylic acids is 2. The molecule has 0 atom stereocenters. The maximum Gasteiger partial charge on any atom is 0.397 e. The van der Waals surface area contributed by atoms with Gasteiger partial charge >= 0.3 is 23.0 Å². The largest absolute Gasteiger partial charge is 0.459 e. The van der Waals surface area contributed by atoms with Crippen molar-refractivity contribution in [3.05, 3.63) is 43.0 Å². The molecule has 11 heteroatoms. The number of nitrogens with zero attached hydrogens (tertiary/aromatic N) is 2. The van der Waals surface area contributed by atoms with Gasteiger partial charge in [0.15, 0.2) is 0 Å². The Labute approximate surface area is 139 Å². The number of fused-ring (bicyclic) bond motifs is 1. The minimum absolute atomic E-state index is 0.0395. The summed E-state index contributed by atoms with van der Waals surface area (Å²) in [4.78, 5) is 59.4. The molecule has 0 bridgehead atoms. The summed E-state index contributed by atoms with van der Waals surface area (Å²) in [5, 5.41) is 13.3. The molecular formula is C14H14N4O7. The first-order valence-electron chi connectivity index (χ1n) is 7.23. The molecule has 1 aromatic heterocycles. The smallest absolute Gasteiger partial charge is 0.397 e. The lowest BCUT2D eigenvalue weighted by Gasteiger charge is -2.10. The lowest BCUT2D eigenvalue weighted by atomic mass is 10.2. The molecule has 132 valence electrons. The molecule has 0 radical (unpaired) electrons. The van der Waals surface area contributed by atoms with Crippen molar-refractivity contribution in [1.29, 1.82) is 0 Å². The normalized spacial score (nSPS) is 10.5. The molecule has 2 rings (SSSR count). The number of ether oxygens (including phenoxy) is 1. The van der Waals surface area contributed by atoms with E-state index in [4.69, 9.17) is 0 Å². The fourth-order valence-corrected chi connectivity index (χ4v) is 2.24. The minimum Gasteiger partial charge on any atom is -0.459 e. The van der Waals surface area contributed by atoms with E-state index in [1.807, 2.05) is 0 Å². The molecule has 25 heavy (non-hydrogen) atoms. The van der Waals surface area contributed by atoms with Crippen LogP contribution in [0.3, 0.4) is 0 Å². The van der Waals surface area contributed by atoms with Gasteiger partial charge in [0.05, 0.1) is 22.6 Å². The van der Waals surface area contributed by atoms with Crippen molar-refractivity contribution in [2.45, 2.75) is 20.4 Å². The van der Waals surface area contributed by atoms with Crippen LogP contribution in [0, 0.1) is 10.1 Å². The van der Waals surface area contributed by atoms with Crippen molar-refractivity contribution in [2.75, 3.05) is 11.9 Å². The Hall–Kier alpha value is -3.50. The predicted octanol–water partition coefficient (Wildman–Crippen LogP) is 0.119. The Morgan fingerprint density at radius 3 is 2.56 bits per heavy atom. The van der Waals surface area contributed by atoms with Crippen molar-refractivity contribution in [1.82, 2.24) is 9.55 Å². The van der Waals surface area contributed by atoms with Crippen LogP contribution in [0.15, 0.2) is 21.7 Å². The van der Waals surface area contributed by atoms with Crippen LogP contribution in [-0.2, 0) is 20.9 Å². The third kappa shape index (κ3) is 3.39. The molecule has 11 nitrogen and oxygen atoms in total. The Morgan fingerprint density at radius 2 is 2.00 bits per heavy atom. The van der Waals surface area contributed by atoms with Crippen LogP contribution >= 0.6 is 0 Å². The number of hydrogen-bond donors (Lipinski definition) is 2. The van der Waals surface area contributed by atoms with E-state index in [1.54, 1.807) is 6.92 Å². The highest BCUT2D eigenvalue weighted by Gasteiger charge is 2.23. The molecule has 0 saturated carbocycles. The second-order valence-corrected chi connectivity index (χ2v) is 4.82. The highest BCUT2D eigenvalue weighted by atomic mass is 16.6. The summed E-state index contributed by atoms with van der Waals surface area (Å²) < 4.78 is 5.58. The monoisotopic (exact) mass is 350 g/mol. The third-order valence-corrected chi connectivity index (χ3v) is 3.31. The molecule has 0 spiro atoms. The third-order valence-electron chi connectivity index (χ3n) is 3.31. The molecule has 0 saturated heterocycles. The Morgan fingerprint density at radius 1 is 1.32 bits per heavy atom. The van der Waals surface area contributed by atoms with Crippen molar-refractivity contribution < 1.29 is 19.2 Å². The van der Waals surface area contributed by atoms with Crippen LogP contribution in [0.4, 0.5) is 11.4 Å². The molecule has 0 aliphatic heterocycles. The second kappa shape index (κ2) is 6.95. The number of anilines is 1. The number of nitro benzene ring substituents is 1. The zero-order valence-electron chi connectivity index (χ0n) is 13.3. The summed E-state index contributed by atoms with van der Waals surface area (Å²) in [6.45, 7) is 3.17. The van der Waals surface area contributed by atoms with E-state index in [2.05, 4.69) is 15.0 Å². The summed E-state index contributed by atoms with van der Waals surface area (Å²) in [6.07, 6.45) is 0. The number of esters is 1. The molecule has 1 amide bonds. The molecular weight excluding hydrogens is 336 g/mol. The SMILES string of the molecule is CCOC(=O)C(=O)Nc1cc2[nH]c(=O)c(=O)n(CC)c2cc1[N+](=O)[O-]. The summed E-state index contributed by atoms with van der Waals surface area (Å²) in [5.74, 6) is -2.40. The van der Waals surface area contributed by atoms with E-state index in [-0.39, 0.29) is 29.9 Å². The summed E-state index contributed by atoms with van der Waals surface area (Å²) in [5.41, 5.74) is -2.41. The second-order valence-electron chi connectivity index (χ2n) is 4.82. The molecule has 2 aromatic rings. The zero-order valence-corrected chi connectivity index (χ0v) is 13.3. The number of rotatable bonds is 4. The first-order valence-corrected chi connectivity index (χ1v) is 7.23. The quantitative estimate of drug-likeness (QED) is 0.343. The van der Waals surface area contributed by atoms with Gasteiger partial charge in [-0.2, -0.15) is 0 Å². The van der Waals surface area contributed by atoms with Crippen molar-refractivity contribution in [3.8, 4) is 0 Å². The van der Waals surface area contributed by atoms with Crippen LogP contribution in [0.1, 0.15) is 13.8 Å². The maximum absolute atomic E-state index is 11.8. The number of aromatic amines is 1. The van der Waals surface area contributed by atoms with Gasteiger partial charge in [-0.25, -0.2) is 4.79 Å². The first kappa shape index (κ1) is 17.8. The van der Waals surface area contributed by atoms with Gasteiger partial charge in [0, 0.05) is 12.6 Å². The van der Waals surface area contributed by atoms with Crippen LogP contribution in [-0.4, -0.2) is 33.0 Å². The van der Waals surface area contributed by atoms with Crippen LogP contribution in [0.2, 0.25) is 0 Å². The highest BCUT2D eigenvalue weighted by molar-refractivity contribution is 6.37. The van der Waals surface area contributed by atoms with E-state index in [0.29, 0.717) is 0 Å². The highest BCUT2D eigenvalue weighted by Crippen LogP contribution is 2.28. The van der Waals surface area contributed by atoms with Gasteiger partial charge in [-0.05, 0) is 19.9 Å². The molecule has 1 aromatic carbocycles. The topological polar surface area (TPSA) is 153 Å². The Bertz CT molecular complexity index is 989. The Kier molecular flexibility index (Phi) is 4.96. The molecule has 0 aliphatic rings. The van der Waals surface area contributed by atoms with E-state index in [0.717, 1.165) is 16.7 Å². The maximum atomic E-state index is 11.8. The lowest BCUT2D eigenvalue weighted by molar-refractivity contribution is -0.383. The van der Waals surface area contributed by atoms with E-state index in [1.165, 1.54) is 6.92 Å². The van der Waals surface area contributed by atoms with Gasteiger partial charge in [-0.15, -0.1) is 0 Å². The Balaban J connectivity index is 2.66. The van der Waals surface area contributed by atoms with Crippen molar-refractivity contribution in [3.63, 3.8) is 0 Å². The van der Waals surface area contributed by atoms with Crippen LogP contribution < -0.4 is 16.4 Å². The molecule has 0 unspecified atom stereocenters. The fraction of sp³-hybridized carbons (Fsp3) is 0.286. The number of nitrogens with one attached hydrogen (secondary N) is 2. The minimum atomic E-state index is -1.20. The van der Waals surface area contributed by atoms with Crippen molar-refractivity contribution in [2.24, 2.45) is 0 Å². The van der Waals surface area contributed by atoms with E-state index < -0.39 is 33.6 Å². The number of H-pyrrole nitrogens is 1. The average molecular weight is 350 g/mol. The van der Waals surface area contributed by atoms with Gasteiger partial charge in [0.1, 0.15) is 5.69 Å². The van der Waals surface area contributed by atoms with Gasteiger partial charge in [-0.1, -0.05) is 0 Å². The number of amides is 1. The zero-order chi connectivity index (χ0) is 18.7. The molecule has 2 N–H and O–H groups in total. The molecule has 0 aliphatic carbocycles. The van der Waals surface area contributed by atoms with Crippen LogP contribution in [0.25, 0.3) is 11.0 Å². The summed E-state index contributed by atoms with van der Waals surface area (Å²) >= 11 is 0. The number of carbonyl (C=O) groups is 2. The van der Waals surface area contributed by atoms with Crippen molar-refractivity contribution >= 4 is 34.3 Å². The number of nitro groups is 1. The molecule has 0 fully saturated rings. The average Bonchev–Trinajstić information content (AvgIpc) is 2.55. The standard InChI is InChI=1S/C14H14N4O7/c1-3-17-9-6-10(18(23)24)8(16-12(20)14(22)25-4-2)5-7(9)15-11(19)13(17)21/h5-6H,3-4H2,1-2H3,(H,15,19)(H,16,20). The molecule has 1 heterocycles. The number of hydrogen-bond acceptors (Lipinski definition) is 7. The van der Waals surface area contributed by atoms with Gasteiger partial charge in [-0.3, -0.25) is 24.5 Å². The van der Waals surface area contributed by atoms with Gasteiger partial charge < -0.3 is 19.6 Å². The number of aryl methyl sites for hydroxylation is 1. The first-order chi connectivity index (χ1) is 11.8. The fourth-order valence-electron chi connectivity index (χ4n) is 2.24. The lowest BCUT2D eigenvalue weighted by Crippen LogP contribution is -2.36. The van der Waals surface area contributed by atoms with E-state index in [9.17, 15) is 29.3 Å². The summed E-state index contributed by atoms with van der Waals surface area (Å²) in [6, 6.07) is 2.15. The van der Waals surface area contributed by atoms with Crippen LogP contribution in [0.5, 0.6) is 0 Å². The van der Waals surface area contributed by atoms with Gasteiger partial charge in [0.25, 0.3) is 5.69 Å². The number of aromatic nitrogens is 2. The predicted molar refractivity (Wildman–Crippen MR) is 86.4 cm³/mol. The summed E-state index contributed by atoms with van der Waals surface area (Å²) in [7, 11) is 0.